The van der Waals surface area contributed by atoms with Crippen LogP contribution in [0, 0.1) is 5.92 Å². The van der Waals surface area contributed by atoms with Gasteiger partial charge in [0.2, 0.25) is 5.13 Å². The van der Waals surface area contributed by atoms with E-state index in [2.05, 4.69) is 14.7 Å². The van der Waals surface area contributed by atoms with E-state index in [1.807, 2.05) is 6.07 Å². The zero-order chi connectivity index (χ0) is 17.3. The SMILES string of the molecule is CC1CN(C(=O)Nc2nc(-c3cccc(Cl)c3)ns2)CCC1(F)F. The molecule has 0 spiro atoms. The van der Waals surface area contributed by atoms with Crippen molar-refractivity contribution in [1.29, 1.82) is 0 Å². The van der Waals surface area contributed by atoms with Gasteiger partial charge in [0.1, 0.15) is 0 Å². The Morgan fingerprint density at radius 2 is 2.29 bits per heavy atom. The normalized spacial score (nSPS) is 20.0. The number of urea groups is 1. The van der Waals surface area contributed by atoms with Crippen LogP contribution in [0.5, 0.6) is 0 Å². The van der Waals surface area contributed by atoms with Gasteiger partial charge in [0.05, 0.1) is 0 Å². The van der Waals surface area contributed by atoms with Crippen LogP contribution in [-0.2, 0) is 0 Å². The molecule has 0 radical (unpaired) electrons. The van der Waals surface area contributed by atoms with Gasteiger partial charge in [-0.25, -0.2) is 13.6 Å². The minimum absolute atomic E-state index is 0.0127. The van der Waals surface area contributed by atoms with Gasteiger partial charge < -0.3 is 4.90 Å². The van der Waals surface area contributed by atoms with E-state index < -0.39 is 17.9 Å². The van der Waals surface area contributed by atoms with Gasteiger partial charge in [0, 0.05) is 47.5 Å². The number of rotatable bonds is 2. The Kier molecular flexibility index (Phi) is 4.69. The number of nitrogens with one attached hydrogen (secondary N) is 1. The first kappa shape index (κ1) is 17.0. The zero-order valence-corrected chi connectivity index (χ0v) is 14.4. The van der Waals surface area contributed by atoms with Gasteiger partial charge in [0.15, 0.2) is 5.82 Å². The summed E-state index contributed by atoms with van der Waals surface area (Å²) < 4.78 is 31.2. The molecule has 2 amide bonds. The van der Waals surface area contributed by atoms with Gasteiger partial charge in [-0.15, -0.1) is 0 Å². The molecule has 2 aromatic rings. The van der Waals surface area contributed by atoms with Gasteiger partial charge in [0.25, 0.3) is 5.92 Å². The largest absolute Gasteiger partial charge is 0.324 e. The highest BCUT2D eigenvalue weighted by molar-refractivity contribution is 7.10. The molecular weight excluding hydrogens is 358 g/mol. The molecule has 1 aromatic heterocycles. The molecule has 1 atom stereocenters. The van der Waals surface area contributed by atoms with Crippen LogP contribution in [0.25, 0.3) is 11.4 Å². The van der Waals surface area contributed by atoms with Gasteiger partial charge in [-0.2, -0.15) is 9.36 Å². The van der Waals surface area contributed by atoms with Crippen LogP contribution in [0.3, 0.4) is 0 Å². The van der Waals surface area contributed by atoms with E-state index in [0.717, 1.165) is 17.1 Å². The second-order valence-electron chi connectivity index (χ2n) is 5.72. The number of benzene rings is 1. The summed E-state index contributed by atoms with van der Waals surface area (Å²) in [5.41, 5.74) is 0.741. The second-order valence-corrected chi connectivity index (χ2v) is 6.91. The number of piperidine rings is 1. The van der Waals surface area contributed by atoms with Crippen molar-refractivity contribution in [3.8, 4) is 11.4 Å². The summed E-state index contributed by atoms with van der Waals surface area (Å²) >= 11 is 6.97. The maximum atomic E-state index is 13.5. The summed E-state index contributed by atoms with van der Waals surface area (Å²) in [6, 6.07) is 6.63. The quantitative estimate of drug-likeness (QED) is 0.851. The van der Waals surface area contributed by atoms with Crippen molar-refractivity contribution < 1.29 is 13.6 Å². The predicted octanol–water partition coefficient (Wildman–Crippen LogP) is 4.37. The van der Waals surface area contributed by atoms with Crippen molar-refractivity contribution in [1.82, 2.24) is 14.3 Å². The van der Waals surface area contributed by atoms with Crippen molar-refractivity contribution in [3.05, 3.63) is 29.3 Å². The summed E-state index contributed by atoms with van der Waals surface area (Å²) in [6.07, 6.45) is -0.328. The maximum absolute atomic E-state index is 13.5. The lowest BCUT2D eigenvalue weighted by atomic mass is 9.96. The van der Waals surface area contributed by atoms with Gasteiger partial charge in [-0.3, -0.25) is 5.32 Å². The van der Waals surface area contributed by atoms with Crippen molar-refractivity contribution in [2.75, 3.05) is 18.4 Å². The Morgan fingerprint density at radius 1 is 1.50 bits per heavy atom. The van der Waals surface area contributed by atoms with Crippen molar-refractivity contribution in [2.45, 2.75) is 19.3 Å². The van der Waals surface area contributed by atoms with E-state index in [9.17, 15) is 13.6 Å². The Hall–Kier alpha value is -1.80. The molecule has 3 rings (SSSR count). The lowest BCUT2D eigenvalue weighted by Gasteiger charge is -2.36. The molecule has 1 unspecified atom stereocenters. The Labute approximate surface area is 146 Å². The fourth-order valence-electron chi connectivity index (χ4n) is 2.46. The lowest BCUT2D eigenvalue weighted by Crippen LogP contribution is -2.49. The average Bonchev–Trinajstić information content (AvgIpc) is 2.98. The summed E-state index contributed by atoms with van der Waals surface area (Å²) in [5, 5.41) is 3.50. The number of hydrogen-bond acceptors (Lipinski definition) is 4. The number of amides is 2. The summed E-state index contributed by atoms with van der Waals surface area (Å²) in [6.45, 7) is 1.48. The summed E-state index contributed by atoms with van der Waals surface area (Å²) in [4.78, 5) is 17.8. The third-order valence-corrected chi connectivity index (χ3v) is 4.81. The van der Waals surface area contributed by atoms with Crippen LogP contribution in [0.4, 0.5) is 18.7 Å². The van der Waals surface area contributed by atoms with Gasteiger partial charge >= 0.3 is 6.03 Å². The molecule has 1 fully saturated rings. The molecule has 5 nitrogen and oxygen atoms in total. The Balaban J connectivity index is 1.66. The molecule has 1 N–H and O–H groups in total. The van der Waals surface area contributed by atoms with Gasteiger partial charge in [-0.1, -0.05) is 30.7 Å². The number of hydrogen-bond donors (Lipinski definition) is 1. The summed E-state index contributed by atoms with van der Waals surface area (Å²) in [5.74, 6) is -3.14. The van der Waals surface area contributed by atoms with Crippen LogP contribution < -0.4 is 5.32 Å². The monoisotopic (exact) mass is 372 g/mol. The van der Waals surface area contributed by atoms with E-state index in [1.165, 1.54) is 11.8 Å². The molecule has 2 heterocycles. The third-order valence-electron chi connectivity index (χ3n) is 3.94. The molecule has 24 heavy (non-hydrogen) atoms. The van der Waals surface area contributed by atoms with Crippen molar-refractivity contribution in [2.24, 2.45) is 5.92 Å². The number of nitrogens with zero attached hydrogens (tertiary/aromatic N) is 3. The van der Waals surface area contributed by atoms with Crippen LogP contribution in [0.2, 0.25) is 5.02 Å². The number of alkyl halides is 2. The van der Waals surface area contributed by atoms with Crippen molar-refractivity contribution in [3.63, 3.8) is 0 Å². The molecular formula is C15H15ClF2N4OS. The number of carbonyl (C=O) groups is 1. The number of likely N-dealkylation sites (tertiary alicyclic amines) is 1. The van der Waals surface area contributed by atoms with Crippen molar-refractivity contribution >= 4 is 34.3 Å². The van der Waals surface area contributed by atoms with E-state index in [-0.39, 0.29) is 19.5 Å². The Bertz CT molecular complexity index is 755. The number of halogens is 3. The molecule has 1 aliphatic heterocycles. The minimum atomic E-state index is -2.72. The van der Waals surface area contributed by atoms with E-state index in [4.69, 9.17) is 11.6 Å². The molecule has 0 bridgehead atoms. The summed E-state index contributed by atoms with van der Waals surface area (Å²) in [7, 11) is 0. The van der Waals surface area contributed by atoms with Gasteiger partial charge in [-0.05, 0) is 12.1 Å². The fourth-order valence-corrected chi connectivity index (χ4v) is 3.23. The molecule has 1 aromatic carbocycles. The van der Waals surface area contributed by atoms with E-state index in [1.54, 1.807) is 18.2 Å². The first-order chi connectivity index (χ1) is 11.3. The first-order valence-electron chi connectivity index (χ1n) is 7.38. The van der Waals surface area contributed by atoms with Crippen LogP contribution >= 0.6 is 23.1 Å². The topological polar surface area (TPSA) is 58.1 Å². The third kappa shape index (κ3) is 3.64. The second kappa shape index (κ2) is 6.60. The molecule has 0 aliphatic carbocycles. The molecule has 0 saturated carbocycles. The predicted molar refractivity (Wildman–Crippen MR) is 89.7 cm³/mol. The molecule has 9 heteroatoms. The smallest absolute Gasteiger partial charge is 0.323 e. The average molecular weight is 373 g/mol. The number of carbonyl (C=O) groups excluding carboxylic acids is 1. The molecule has 1 saturated heterocycles. The van der Waals surface area contributed by atoms with Crippen LogP contribution in [0.15, 0.2) is 24.3 Å². The Morgan fingerprint density at radius 3 is 3.00 bits per heavy atom. The van der Waals surface area contributed by atoms with E-state index in [0.29, 0.717) is 16.0 Å². The lowest BCUT2D eigenvalue weighted by molar-refractivity contribution is -0.0899. The van der Waals surface area contributed by atoms with E-state index >= 15 is 0 Å². The molecule has 1 aliphatic rings. The number of anilines is 1. The minimum Gasteiger partial charge on any atom is -0.324 e. The fraction of sp³-hybridized carbons (Fsp3) is 0.400. The van der Waals surface area contributed by atoms with Crippen LogP contribution in [0.1, 0.15) is 13.3 Å². The zero-order valence-electron chi connectivity index (χ0n) is 12.8. The maximum Gasteiger partial charge on any atom is 0.323 e. The highest BCUT2D eigenvalue weighted by Gasteiger charge is 2.42. The highest BCUT2D eigenvalue weighted by atomic mass is 35.5. The first-order valence-corrected chi connectivity index (χ1v) is 8.54. The molecule has 128 valence electrons. The standard InChI is InChI=1S/C15H15ClF2N4OS/c1-9-8-22(6-5-15(9,17)18)14(23)20-13-19-12(21-24-13)10-3-2-4-11(16)7-10/h2-4,7,9H,5-6,8H2,1H3,(H,19,20,21,23). The number of aromatic nitrogens is 2. The highest BCUT2D eigenvalue weighted by Crippen LogP contribution is 2.33. The van der Waals surface area contributed by atoms with Crippen LogP contribution in [-0.4, -0.2) is 39.3 Å².